The average molecular weight is 255 g/mol. The summed E-state index contributed by atoms with van der Waals surface area (Å²) in [7, 11) is 0. The van der Waals surface area contributed by atoms with Crippen LogP contribution in [0, 0.1) is 5.92 Å². The molecule has 0 bridgehead atoms. The molecule has 18 heavy (non-hydrogen) atoms. The normalized spacial score (nSPS) is 37.4. The Balaban J connectivity index is 2.10. The minimum atomic E-state index is -0.628. The highest BCUT2D eigenvalue weighted by molar-refractivity contribution is 5.71. The van der Waals surface area contributed by atoms with E-state index < -0.39 is 5.97 Å². The Morgan fingerprint density at radius 1 is 1.33 bits per heavy atom. The molecule has 104 valence electrons. The highest BCUT2D eigenvalue weighted by Gasteiger charge is 2.40. The molecule has 0 spiro atoms. The summed E-state index contributed by atoms with van der Waals surface area (Å²) in [6.07, 6.45) is 4.23. The number of morpholine rings is 1. The fourth-order valence-electron chi connectivity index (χ4n) is 3.59. The van der Waals surface area contributed by atoms with Gasteiger partial charge in [0.05, 0.1) is 17.6 Å². The molecule has 1 saturated heterocycles. The van der Waals surface area contributed by atoms with E-state index in [2.05, 4.69) is 25.7 Å². The lowest BCUT2D eigenvalue weighted by molar-refractivity contribution is -0.159. The molecule has 0 aromatic carbocycles. The number of carboxylic acids is 1. The van der Waals surface area contributed by atoms with E-state index in [-0.39, 0.29) is 23.7 Å². The Hall–Kier alpha value is -0.610. The minimum Gasteiger partial charge on any atom is -0.481 e. The van der Waals surface area contributed by atoms with Crippen LogP contribution in [-0.2, 0) is 9.53 Å². The van der Waals surface area contributed by atoms with Crippen molar-refractivity contribution in [3.8, 4) is 0 Å². The minimum absolute atomic E-state index is 0.168. The number of aliphatic carboxylic acids is 1. The number of nitrogens with zero attached hydrogens (tertiary/aromatic N) is 1. The molecular formula is C14H25NO3. The van der Waals surface area contributed by atoms with E-state index in [1.807, 2.05) is 0 Å². The molecule has 4 nitrogen and oxygen atoms in total. The van der Waals surface area contributed by atoms with E-state index in [1.54, 1.807) is 0 Å². The number of hydrogen-bond donors (Lipinski definition) is 1. The Labute approximate surface area is 109 Å². The van der Waals surface area contributed by atoms with Crippen LogP contribution in [0.25, 0.3) is 0 Å². The van der Waals surface area contributed by atoms with Crippen LogP contribution in [0.1, 0.15) is 46.5 Å². The van der Waals surface area contributed by atoms with E-state index in [1.165, 1.54) is 0 Å². The lowest BCUT2D eigenvalue weighted by Crippen LogP contribution is -2.58. The number of carbonyl (C=O) groups is 1. The molecular weight excluding hydrogens is 230 g/mol. The molecule has 1 heterocycles. The molecule has 3 unspecified atom stereocenters. The standard InChI is InChI=1S/C14H25NO3/c1-10-8-15(9-14(2,3)18-10)12-7-5-4-6-11(12)13(16)17/h10-12H,4-9H2,1-3H3,(H,16,17). The highest BCUT2D eigenvalue weighted by atomic mass is 16.5. The third-order valence-electron chi connectivity index (χ3n) is 4.11. The van der Waals surface area contributed by atoms with Gasteiger partial charge in [-0.25, -0.2) is 0 Å². The summed E-state index contributed by atoms with van der Waals surface area (Å²) < 4.78 is 5.90. The molecule has 0 aromatic heterocycles. The van der Waals surface area contributed by atoms with Crippen LogP contribution in [0.5, 0.6) is 0 Å². The predicted molar refractivity (Wildman–Crippen MR) is 69.6 cm³/mol. The first kappa shape index (κ1) is 13.8. The summed E-state index contributed by atoms with van der Waals surface area (Å²) in [5.41, 5.74) is -0.168. The van der Waals surface area contributed by atoms with Crippen molar-refractivity contribution in [3.63, 3.8) is 0 Å². The molecule has 1 aliphatic heterocycles. The summed E-state index contributed by atoms with van der Waals surface area (Å²) in [6.45, 7) is 7.96. The van der Waals surface area contributed by atoms with E-state index in [9.17, 15) is 9.90 Å². The summed E-state index contributed by atoms with van der Waals surface area (Å²) >= 11 is 0. The molecule has 0 radical (unpaired) electrons. The summed E-state index contributed by atoms with van der Waals surface area (Å²) in [6, 6.07) is 0.196. The zero-order chi connectivity index (χ0) is 13.3. The van der Waals surface area contributed by atoms with Crippen LogP contribution in [0.3, 0.4) is 0 Å². The van der Waals surface area contributed by atoms with Gasteiger partial charge in [-0.3, -0.25) is 9.69 Å². The first-order valence-corrected chi connectivity index (χ1v) is 7.04. The van der Waals surface area contributed by atoms with Crippen molar-refractivity contribution in [2.75, 3.05) is 13.1 Å². The van der Waals surface area contributed by atoms with E-state index in [0.717, 1.165) is 38.8 Å². The predicted octanol–water partition coefficient (Wildman–Crippen LogP) is 2.13. The molecule has 3 atom stereocenters. The largest absolute Gasteiger partial charge is 0.481 e. The highest BCUT2D eigenvalue weighted by Crippen LogP contribution is 2.32. The van der Waals surface area contributed by atoms with Gasteiger partial charge in [0, 0.05) is 19.1 Å². The molecule has 4 heteroatoms. The quantitative estimate of drug-likeness (QED) is 0.821. The molecule has 1 saturated carbocycles. The van der Waals surface area contributed by atoms with E-state index in [0.29, 0.717) is 0 Å². The molecule has 1 aliphatic carbocycles. The average Bonchev–Trinajstić information content (AvgIpc) is 2.26. The van der Waals surface area contributed by atoms with Gasteiger partial charge in [0.1, 0.15) is 0 Å². The Kier molecular flexibility index (Phi) is 3.97. The topological polar surface area (TPSA) is 49.8 Å². The number of carboxylic acid groups (broad SMARTS) is 1. The van der Waals surface area contributed by atoms with Crippen molar-refractivity contribution in [2.45, 2.75) is 64.2 Å². The maximum Gasteiger partial charge on any atom is 0.308 e. The Morgan fingerprint density at radius 2 is 2.00 bits per heavy atom. The van der Waals surface area contributed by atoms with Gasteiger partial charge in [-0.15, -0.1) is 0 Å². The lowest BCUT2D eigenvalue weighted by atomic mass is 9.82. The number of hydrogen-bond acceptors (Lipinski definition) is 3. The molecule has 2 aliphatic rings. The Morgan fingerprint density at radius 3 is 2.61 bits per heavy atom. The first-order valence-electron chi connectivity index (χ1n) is 7.04. The van der Waals surface area contributed by atoms with Crippen LogP contribution in [0.4, 0.5) is 0 Å². The maximum absolute atomic E-state index is 11.4. The van der Waals surface area contributed by atoms with Crippen molar-refractivity contribution in [3.05, 3.63) is 0 Å². The molecule has 0 amide bonds. The molecule has 0 aromatic rings. The van der Waals surface area contributed by atoms with Crippen molar-refractivity contribution in [2.24, 2.45) is 5.92 Å². The zero-order valence-electron chi connectivity index (χ0n) is 11.7. The van der Waals surface area contributed by atoms with Crippen molar-refractivity contribution >= 4 is 5.97 Å². The summed E-state index contributed by atoms with van der Waals surface area (Å²) in [4.78, 5) is 13.7. The van der Waals surface area contributed by atoms with Crippen molar-refractivity contribution in [1.29, 1.82) is 0 Å². The third kappa shape index (κ3) is 3.04. The van der Waals surface area contributed by atoms with Crippen LogP contribution < -0.4 is 0 Å². The van der Waals surface area contributed by atoms with Gasteiger partial charge in [-0.1, -0.05) is 12.8 Å². The van der Waals surface area contributed by atoms with Gasteiger partial charge in [0.25, 0.3) is 0 Å². The van der Waals surface area contributed by atoms with E-state index >= 15 is 0 Å². The third-order valence-corrected chi connectivity index (χ3v) is 4.11. The first-order chi connectivity index (χ1) is 8.39. The monoisotopic (exact) mass is 255 g/mol. The second kappa shape index (κ2) is 5.17. The van der Waals surface area contributed by atoms with Gasteiger partial charge < -0.3 is 9.84 Å². The molecule has 2 fully saturated rings. The zero-order valence-corrected chi connectivity index (χ0v) is 11.7. The van der Waals surface area contributed by atoms with Crippen LogP contribution >= 0.6 is 0 Å². The smallest absolute Gasteiger partial charge is 0.308 e. The van der Waals surface area contributed by atoms with Crippen LogP contribution in [0.15, 0.2) is 0 Å². The van der Waals surface area contributed by atoms with Crippen LogP contribution in [0.2, 0.25) is 0 Å². The van der Waals surface area contributed by atoms with Gasteiger partial charge in [0.15, 0.2) is 0 Å². The van der Waals surface area contributed by atoms with Crippen LogP contribution in [-0.4, -0.2) is 46.8 Å². The fourth-order valence-corrected chi connectivity index (χ4v) is 3.59. The summed E-state index contributed by atoms with van der Waals surface area (Å²) in [5.74, 6) is -0.823. The Bertz CT molecular complexity index is 316. The SMILES string of the molecule is CC1CN(C2CCCCC2C(=O)O)CC(C)(C)O1. The molecule has 1 N–H and O–H groups in total. The van der Waals surface area contributed by atoms with Gasteiger partial charge in [0.2, 0.25) is 0 Å². The molecule has 2 rings (SSSR count). The van der Waals surface area contributed by atoms with Gasteiger partial charge in [-0.05, 0) is 33.6 Å². The van der Waals surface area contributed by atoms with Crippen molar-refractivity contribution < 1.29 is 14.6 Å². The summed E-state index contributed by atoms with van der Waals surface area (Å²) in [5, 5.41) is 9.38. The van der Waals surface area contributed by atoms with Gasteiger partial charge >= 0.3 is 5.97 Å². The number of ether oxygens (including phenoxy) is 1. The van der Waals surface area contributed by atoms with Crippen molar-refractivity contribution in [1.82, 2.24) is 4.90 Å². The lowest BCUT2D eigenvalue weighted by Gasteiger charge is -2.47. The van der Waals surface area contributed by atoms with E-state index in [4.69, 9.17) is 4.74 Å². The fraction of sp³-hybridized carbons (Fsp3) is 0.929. The second-order valence-electron chi connectivity index (χ2n) is 6.41. The van der Waals surface area contributed by atoms with Gasteiger partial charge in [-0.2, -0.15) is 0 Å². The number of rotatable bonds is 2. The second-order valence-corrected chi connectivity index (χ2v) is 6.41. The maximum atomic E-state index is 11.4.